The summed E-state index contributed by atoms with van der Waals surface area (Å²) in [4.78, 5) is 0. The first-order valence-electron chi connectivity index (χ1n) is 4.71. The second-order valence-corrected chi connectivity index (χ2v) is 5.11. The van der Waals surface area contributed by atoms with Crippen LogP contribution in [0.25, 0.3) is 0 Å². The monoisotopic (exact) mass is 296 g/mol. The Morgan fingerprint density at radius 2 is 2.38 bits per heavy atom. The van der Waals surface area contributed by atoms with Gasteiger partial charge in [-0.15, -0.1) is 0 Å². The highest BCUT2D eigenvalue weighted by Gasteiger charge is 2.23. The highest BCUT2D eigenvalue weighted by Crippen LogP contribution is 2.22. The molecule has 1 heterocycles. The van der Waals surface area contributed by atoms with Gasteiger partial charge in [-0.2, -0.15) is 0 Å². The number of hydrogen-bond acceptors (Lipinski definition) is 2. The van der Waals surface area contributed by atoms with Crippen molar-refractivity contribution in [3.8, 4) is 0 Å². The molecular weight excluding hydrogens is 279 g/mol. The minimum atomic E-state index is 0.00458. The molecule has 1 fully saturated rings. The van der Waals surface area contributed by atoms with Gasteiger partial charge in [0.05, 0.1) is 10.5 Å². The van der Waals surface area contributed by atoms with E-state index in [1.165, 1.54) is 12.0 Å². The van der Waals surface area contributed by atoms with Crippen molar-refractivity contribution in [3.05, 3.63) is 11.6 Å². The third kappa shape index (κ3) is 4.42. The smallest absolute Gasteiger partial charge is 0.169 e. The van der Waals surface area contributed by atoms with Gasteiger partial charge in [-0.05, 0) is 26.7 Å². The van der Waals surface area contributed by atoms with Crippen LogP contribution < -0.4 is 0 Å². The van der Waals surface area contributed by atoms with E-state index in [9.17, 15) is 0 Å². The van der Waals surface area contributed by atoms with E-state index < -0.39 is 0 Å². The molecule has 0 amide bonds. The Kier molecular flexibility index (Phi) is 5.28. The highest BCUT2D eigenvalue weighted by atomic mass is 127. The molecule has 0 N–H and O–H groups in total. The molecule has 3 heteroatoms. The summed E-state index contributed by atoms with van der Waals surface area (Å²) in [5.74, 6) is 0. The Morgan fingerprint density at radius 1 is 1.62 bits per heavy atom. The molecular formula is C10H17IO2. The highest BCUT2D eigenvalue weighted by molar-refractivity contribution is 14.1. The molecule has 1 aliphatic rings. The molecule has 13 heavy (non-hydrogen) atoms. The topological polar surface area (TPSA) is 18.5 Å². The van der Waals surface area contributed by atoms with Crippen LogP contribution in [0.15, 0.2) is 11.6 Å². The fourth-order valence-corrected chi connectivity index (χ4v) is 2.04. The van der Waals surface area contributed by atoms with Gasteiger partial charge >= 0.3 is 0 Å². The van der Waals surface area contributed by atoms with E-state index in [1.807, 2.05) is 0 Å². The number of alkyl halides is 1. The van der Waals surface area contributed by atoms with Crippen LogP contribution >= 0.6 is 22.6 Å². The van der Waals surface area contributed by atoms with Crippen LogP contribution in [0.5, 0.6) is 0 Å². The van der Waals surface area contributed by atoms with Crippen LogP contribution in [0, 0.1) is 0 Å². The lowest BCUT2D eigenvalue weighted by Crippen LogP contribution is -2.32. The predicted octanol–water partition coefficient (Wildman–Crippen LogP) is 2.91. The summed E-state index contributed by atoms with van der Waals surface area (Å²) >= 11 is 2.41. The molecule has 1 rings (SSSR count). The van der Waals surface area contributed by atoms with Gasteiger partial charge in [0.15, 0.2) is 6.29 Å². The molecule has 1 unspecified atom stereocenters. The second-order valence-electron chi connectivity index (χ2n) is 3.51. The van der Waals surface area contributed by atoms with Gasteiger partial charge in [0.2, 0.25) is 0 Å². The van der Waals surface area contributed by atoms with Gasteiger partial charge < -0.3 is 9.47 Å². The van der Waals surface area contributed by atoms with Crippen molar-refractivity contribution in [1.29, 1.82) is 0 Å². The van der Waals surface area contributed by atoms with Crippen molar-refractivity contribution < 1.29 is 9.47 Å². The Balaban J connectivity index is 2.23. The molecule has 2 atom stereocenters. The first-order chi connectivity index (χ1) is 6.20. The number of hydrogen-bond donors (Lipinski definition) is 0. The predicted molar refractivity (Wildman–Crippen MR) is 62.2 cm³/mol. The van der Waals surface area contributed by atoms with Crippen molar-refractivity contribution in [2.24, 2.45) is 0 Å². The van der Waals surface area contributed by atoms with E-state index in [2.05, 4.69) is 42.5 Å². The van der Waals surface area contributed by atoms with E-state index in [4.69, 9.17) is 9.47 Å². The first-order valence-corrected chi connectivity index (χ1v) is 5.95. The van der Waals surface area contributed by atoms with E-state index >= 15 is 0 Å². The number of rotatable bonds is 3. The van der Waals surface area contributed by atoms with Gasteiger partial charge in [-0.25, -0.2) is 0 Å². The van der Waals surface area contributed by atoms with Gasteiger partial charge in [0.25, 0.3) is 0 Å². The standard InChI is InChI=1S/C10H17IO2/c1-8(2)5-7-13-10-9(11)4-3-6-12-10/h5,9-10H,3-4,6-7H2,1-2H3/t9-,10?/m1/s1. The van der Waals surface area contributed by atoms with Gasteiger partial charge in [0, 0.05) is 6.61 Å². The van der Waals surface area contributed by atoms with Gasteiger partial charge in [-0.1, -0.05) is 34.2 Å². The molecule has 0 bridgehead atoms. The summed E-state index contributed by atoms with van der Waals surface area (Å²) in [6.45, 7) is 5.67. The summed E-state index contributed by atoms with van der Waals surface area (Å²) in [7, 11) is 0. The SMILES string of the molecule is CC(C)=CCOC1OCCC[C@H]1I. The number of halogens is 1. The lowest BCUT2D eigenvalue weighted by molar-refractivity contribution is -0.148. The van der Waals surface area contributed by atoms with Crippen molar-refractivity contribution in [1.82, 2.24) is 0 Å². The Labute approximate surface area is 93.8 Å². The van der Waals surface area contributed by atoms with Crippen molar-refractivity contribution >= 4 is 22.6 Å². The van der Waals surface area contributed by atoms with Gasteiger partial charge in [0.1, 0.15) is 0 Å². The maximum absolute atomic E-state index is 5.60. The molecule has 0 radical (unpaired) electrons. The molecule has 76 valence electrons. The lowest BCUT2D eigenvalue weighted by atomic mass is 10.2. The van der Waals surface area contributed by atoms with Crippen LogP contribution in [0.2, 0.25) is 0 Å². The van der Waals surface area contributed by atoms with E-state index in [-0.39, 0.29) is 6.29 Å². The molecule has 0 aliphatic carbocycles. The Morgan fingerprint density at radius 3 is 3.00 bits per heavy atom. The molecule has 0 aromatic heterocycles. The van der Waals surface area contributed by atoms with Gasteiger partial charge in [-0.3, -0.25) is 0 Å². The Bertz CT molecular complexity index is 176. The van der Waals surface area contributed by atoms with Crippen LogP contribution in [0.1, 0.15) is 26.7 Å². The number of allylic oxidation sites excluding steroid dienone is 1. The summed E-state index contributed by atoms with van der Waals surface area (Å²) in [6.07, 6.45) is 4.46. The lowest BCUT2D eigenvalue weighted by Gasteiger charge is -2.27. The fraction of sp³-hybridized carbons (Fsp3) is 0.800. The molecule has 0 aromatic carbocycles. The summed E-state index contributed by atoms with van der Waals surface area (Å²) in [5, 5.41) is 0. The van der Waals surface area contributed by atoms with Crippen LogP contribution in [0.3, 0.4) is 0 Å². The maximum atomic E-state index is 5.60. The van der Waals surface area contributed by atoms with Crippen LogP contribution in [-0.4, -0.2) is 23.4 Å². The summed E-state index contributed by atoms with van der Waals surface area (Å²) in [5.41, 5.74) is 1.29. The number of ether oxygens (including phenoxy) is 2. The molecule has 1 saturated heterocycles. The van der Waals surface area contributed by atoms with Crippen LogP contribution in [-0.2, 0) is 9.47 Å². The largest absolute Gasteiger partial charge is 0.352 e. The van der Waals surface area contributed by atoms with Crippen LogP contribution in [0.4, 0.5) is 0 Å². The zero-order valence-corrected chi connectivity index (χ0v) is 10.4. The molecule has 1 aliphatic heterocycles. The quantitative estimate of drug-likeness (QED) is 0.453. The minimum Gasteiger partial charge on any atom is -0.352 e. The summed E-state index contributed by atoms with van der Waals surface area (Å²) in [6, 6.07) is 0. The molecule has 2 nitrogen and oxygen atoms in total. The third-order valence-corrected chi connectivity index (χ3v) is 3.16. The maximum Gasteiger partial charge on any atom is 0.169 e. The minimum absolute atomic E-state index is 0.00458. The molecule has 0 saturated carbocycles. The fourth-order valence-electron chi connectivity index (χ4n) is 1.18. The second kappa shape index (κ2) is 5.98. The summed E-state index contributed by atoms with van der Waals surface area (Å²) < 4.78 is 11.6. The molecule has 0 spiro atoms. The van der Waals surface area contributed by atoms with Crippen molar-refractivity contribution in [3.63, 3.8) is 0 Å². The van der Waals surface area contributed by atoms with E-state index in [0.717, 1.165) is 13.0 Å². The molecule has 0 aromatic rings. The average Bonchev–Trinajstić information content (AvgIpc) is 2.08. The third-order valence-electron chi connectivity index (χ3n) is 1.95. The van der Waals surface area contributed by atoms with Crippen molar-refractivity contribution in [2.45, 2.75) is 36.9 Å². The average molecular weight is 296 g/mol. The zero-order chi connectivity index (χ0) is 9.68. The van der Waals surface area contributed by atoms with Crippen molar-refractivity contribution in [2.75, 3.05) is 13.2 Å². The van der Waals surface area contributed by atoms with E-state index in [0.29, 0.717) is 10.5 Å². The zero-order valence-electron chi connectivity index (χ0n) is 8.25. The van der Waals surface area contributed by atoms with E-state index in [1.54, 1.807) is 0 Å². The normalized spacial score (nSPS) is 28.5. The Hall–Kier alpha value is 0.390. The first kappa shape index (κ1) is 11.5.